The number of nitro benzene ring substituents is 1. The van der Waals surface area contributed by atoms with Gasteiger partial charge in [0.2, 0.25) is 0 Å². The van der Waals surface area contributed by atoms with Crippen molar-refractivity contribution in [2.45, 2.75) is 13.0 Å². The number of amides is 1. The largest absolute Gasteiger partial charge is 0.507 e. The molecule has 4 rings (SSSR count). The number of hydrogen-bond donors (Lipinski definition) is 1. The summed E-state index contributed by atoms with van der Waals surface area (Å²) >= 11 is 3.38. The van der Waals surface area contributed by atoms with E-state index in [-0.39, 0.29) is 22.6 Å². The third kappa shape index (κ3) is 3.80. The highest BCUT2D eigenvalue weighted by Crippen LogP contribution is 2.42. The molecule has 1 aliphatic rings. The Kier molecular flexibility index (Phi) is 5.63. The van der Waals surface area contributed by atoms with Crippen molar-refractivity contribution < 1.29 is 19.6 Å². The number of benzene rings is 3. The lowest BCUT2D eigenvalue weighted by molar-refractivity contribution is -0.384. The molecule has 1 saturated heterocycles. The zero-order valence-corrected chi connectivity index (χ0v) is 18.4. The van der Waals surface area contributed by atoms with Gasteiger partial charge in [-0.25, -0.2) is 0 Å². The molecule has 8 heteroatoms. The van der Waals surface area contributed by atoms with Crippen molar-refractivity contribution in [1.29, 1.82) is 0 Å². The van der Waals surface area contributed by atoms with E-state index in [0.717, 1.165) is 10.0 Å². The van der Waals surface area contributed by atoms with Gasteiger partial charge < -0.3 is 5.11 Å². The highest BCUT2D eigenvalue weighted by atomic mass is 79.9. The van der Waals surface area contributed by atoms with Crippen LogP contribution >= 0.6 is 15.9 Å². The van der Waals surface area contributed by atoms with Crippen LogP contribution in [0.4, 0.5) is 11.4 Å². The van der Waals surface area contributed by atoms with Crippen LogP contribution in [0.15, 0.2) is 82.8 Å². The number of anilines is 1. The van der Waals surface area contributed by atoms with E-state index < -0.39 is 22.7 Å². The summed E-state index contributed by atoms with van der Waals surface area (Å²) in [6.07, 6.45) is 0. The summed E-state index contributed by atoms with van der Waals surface area (Å²) in [5.41, 5.74) is 2.14. The highest BCUT2D eigenvalue weighted by Gasteiger charge is 2.46. The van der Waals surface area contributed by atoms with Gasteiger partial charge in [0, 0.05) is 27.9 Å². The fourth-order valence-electron chi connectivity index (χ4n) is 3.66. The third-order valence-corrected chi connectivity index (χ3v) is 5.82. The van der Waals surface area contributed by atoms with Gasteiger partial charge in [-0.3, -0.25) is 24.6 Å². The third-order valence-electron chi connectivity index (χ3n) is 5.29. The van der Waals surface area contributed by atoms with E-state index in [0.29, 0.717) is 11.3 Å². The van der Waals surface area contributed by atoms with E-state index in [1.807, 2.05) is 19.1 Å². The summed E-state index contributed by atoms with van der Waals surface area (Å²) in [7, 11) is 0. The molecule has 0 saturated carbocycles. The van der Waals surface area contributed by atoms with Crippen LogP contribution in [0, 0.1) is 17.0 Å². The average Bonchev–Trinajstić information content (AvgIpc) is 3.05. The normalized spacial score (nSPS) is 17.6. The van der Waals surface area contributed by atoms with Gasteiger partial charge in [-0.1, -0.05) is 45.8 Å². The number of Topliss-reactive ketones (excluding diaryl/α,β-unsaturated/α-hetero) is 1. The predicted octanol–water partition coefficient (Wildman–Crippen LogP) is 5.29. The van der Waals surface area contributed by atoms with E-state index in [4.69, 9.17) is 0 Å². The van der Waals surface area contributed by atoms with Crippen molar-refractivity contribution in [2.24, 2.45) is 0 Å². The maximum absolute atomic E-state index is 13.1. The summed E-state index contributed by atoms with van der Waals surface area (Å²) in [5.74, 6) is -1.97. The minimum atomic E-state index is -0.860. The number of halogens is 1. The number of aryl methyl sites for hydroxylation is 1. The summed E-state index contributed by atoms with van der Waals surface area (Å²) in [6.45, 7) is 1.92. The number of carbonyl (C=O) groups excluding carboxylic acids is 2. The molecule has 1 amide bonds. The van der Waals surface area contributed by atoms with Gasteiger partial charge >= 0.3 is 0 Å². The highest BCUT2D eigenvalue weighted by molar-refractivity contribution is 9.10. The first-order valence-electron chi connectivity index (χ1n) is 9.66. The number of rotatable bonds is 4. The molecule has 0 radical (unpaired) electrons. The van der Waals surface area contributed by atoms with Gasteiger partial charge in [0.1, 0.15) is 5.76 Å². The number of carbonyl (C=O) groups is 2. The molecule has 0 spiro atoms. The second-order valence-electron chi connectivity index (χ2n) is 7.36. The zero-order chi connectivity index (χ0) is 23.0. The lowest BCUT2D eigenvalue weighted by atomic mass is 9.95. The van der Waals surface area contributed by atoms with Gasteiger partial charge in [0.15, 0.2) is 0 Å². The van der Waals surface area contributed by atoms with Crippen molar-refractivity contribution in [3.63, 3.8) is 0 Å². The Bertz CT molecular complexity index is 1250. The Labute approximate surface area is 191 Å². The van der Waals surface area contributed by atoms with Gasteiger partial charge in [0.25, 0.3) is 17.4 Å². The van der Waals surface area contributed by atoms with E-state index in [9.17, 15) is 24.8 Å². The Morgan fingerprint density at radius 2 is 1.56 bits per heavy atom. The molecule has 1 N–H and O–H groups in total. The Morgan fingerprint density at radius 3 is 2.12 bits per heavy atom. The SMILES string of the molecule is Cc1ccc(N2C(=O)C(=O)C(=C(O)c3ccc([N+](=O)[O-])cc3)[C@H]2c2ccc(Br)cc2)cc1. The average molecular weight is 493 g/mol. The first kappa shape index (κ1) is 21.5. The molecule has 1 atom stereocenters. The minimum Gasteiger partial charge on any atom is -0.507 e. The lowest BCUT2D eigenvalue weighted by Crippen LogP contribution is -2.29. The van der Waals surface area contributed by atoms with Crippen molar-refractivity contribution in [1.82, 2.24) is 0 Å². The molecular weight excluding hydrogens is 476 g/mol. The number of hydrogen-bond acceptors (Lipinski definition) is 5. The predicted molar refractivity (Wildman–Crippen MR) is 123 cm³/mol. The number of aliphatic hydroxyl groups is 1. The molecule has 1 fully saturated rings. The van der Waals surface area contributed by atoms with Crippen molar-refractivity contribution in [3.8, 4) is 0 Å². The molecule has 0 unspecified atom stereocenters. The second kappa shape index (κ2) is 8.39. The van der Waals surface area contributed by atoms with Crippen LogP contribution in [-0.2, 0) is 9.59 Å². The maximum Gasteiger partial charge on any atom is 0.300 e. The standard InChI is InChI=1S/C24H17BrN2O5/c1-14-2-10-18(11-3-14)26-21(15-4-8-17(25)9-5-15)20(23(29)24(26)30)22(28)16-6-12-19(13-7-16)27(31)32/h2-13,21,28H,1H3/t21-/m1/s1. The molecular formula is C24H17BrN2O5. The quantitative estimate of drug-likeness (QED) is 0.175. The van der Waals surface area contributed by atoms with Crippen LogP contribution in [-0.4, -0.2) is 21.7 Å². The van der Waals surface area contributed by atoms with Gasteiger partial charge in [0.05, 0.1) is 16.5 Å². The topological polar surface area (TPSA) is 101 Å². The van der Waals surface area contributed by atoms with Crippen LogP contribution in [0.25, 0.3) is 5.76 Å². The smallest absolute Gasteiger partial charge is 0.300 e. The van der Waals surface area contributed by atoms with Crippen LogP contribution < -0.4 is 4.90 Å². The van der Waals surface area contributed by atoms with Gasteiger partial charge in [-0.15, -0.1) is 0 Å². The number of nitrogens with zero attached hydrogens (tertiary/aromatic N) is 2. The van der Waals surface area contributed by atoms with Gasteiger partial charge in [-0.05, 0) is 48.9 Å². The second-order valence-corrected chi connectivity index (χ2v) is 8.28. The molecule has 0 aromatic heterocycles. The van der Waals surface area contributed by atoms with Crippen molar-refractivity contribution >= 4 is 44.8 Å². The minimum absolute atomic E-state index is 0.0771. The molecule has 160 valence electrons. The molecule has 3 aromatic rings. The first-order valence-corrected chi connectivity index (χ1v) is 10.4. The Hall–Kier alpha value is -3.78. The Balaban J connectivity index is 1.90. The molecule has 7 nitrogen and oxygen atoms in total. The molecule has 0 bridgehead atoms. The van der Waals surface area contributed by atoms with E-state index >= 15 is 0 Å². The lowest BCUT2D eigenvalue weighted by Gasteiger charge is -2.25. The van der Waals surface area contributed by atoms with E-state index in [1.165, 1.54) is 29.2 Å². The fourth-order valence-corrected chi connectivity index (χ4v) is 3.93. The summed E-state index contributed by atoms with van der Waals surface area (Å²) in [5, 5.41) is 22.0. The van der Waals surface area contributed by atoms with Crippen molar-refractivity contribution in [3.05, 3.63) is 110 Å². The van der Waals surface area contributed by atoms with Crippen molar-refractivity contribution in [2.75, 3.05) is 4.90 Å². The zero-order valence-electron chi connectivity index (χ0n) is 16.9. The number of ketones is 1. The molecule has 1 heterocycles. The molecule has 3 aromatic carbocycles. The summed E-state index contributed by atoms with van der Waals surface area (Å²) in [4.78, 5) is 37.9. The fraction of sp³-hybridized carbons (Fsp3) is 0.0833. The number of nitro groups is 1. The van der Waals surface area contributed by atoms with Gasteiger partial charge in [-0.2, -0.15) is 0 Å². The van der Waals surface area contributed by atoms with Crippen LogP contribution in [0.5, 0.6) is 0 Å². The monoisotopic (exact) mass is 492 g/mol. The number of aliphatic hydroxyl groups excluding tert-OH is 1. The summed E-state index contributed by atoms with van der Waals surface area (Å²) < 4.78 is 0.823. The molecule has 1 aliphatic heterocycles. The Morgan fingerprint density at radius 1 is 0.969 bits per heavy atom. The van der Waals surface area contributed by atoms with E-state index in [1.54, 1.807) is 36.4 Å². The summed E-state index contributed by atoms with van der Waals surface area (Å²) in [6, 6.07) is 18.6. The molecule has 32 heavy (non-hydrogen) atoms. The number of non-ortho nitro benzene ring substituents is 1. The van der Waals surface area contributed by atoms with Crippen LogP contribution in [0.3, 0.4) is 0 Å². The maximum atomic E-state index is 13.1. The van der Waals surface area contributed by atoms with E-state index in [2.05, 4.69) is 15.9 Å². The molecule has 0 aliphatic carbocycles. The van der Waals surface area contributed by atoms with Crippen LogP contribution in [0.2, 0.25) is 0 Å². The first-order chi connectivity index (χ1) is 15.3. The van der Waals surface area contributed by atoms with Crippen LogP contribution in [0.1, 0.15) is 22.7 Å².